The molecule has 1 aliphatic heterocycles. The van der Waals surface area contributed by atoms with Crippen LogP contribution in [0.25, 0.3) is 16.6 Å². The number of carbonyl (C=O) groups excluding carboxylic acids is 1. The van der Waals surface area contributed by atoms with E-state index in [-0.39, 0.29) is 29.2 Å². The Hall–Kier alpha value is -3.19. The molecule has 1 saturated heterocycles. The van der Waals surface area contributed by atoms with Gasteiger partial charge >= 0.3 is 0 Å². The van der Waals surface area contributed by atoms with Gasteiger partial charge in [0.1, 0.15) is 18.2 Å². The summed E-state index contributed by atoms with van der Waals surface area (Å²) in [5.41, 5.74) is 2.65. The third-order valence-corrected chi connectivity index (χ3v) is 6.77. The van der Waals surface area contributed by atoms with Crippen molar-refractivity contribution < 1.29 is 9.53 Å². The van der Waals surface area contributed by atoms with Gasteiger partial charge in [-0.15, -0.1) is 0 Å². The van der Waals surface area contributed by atoms with E-state index in [4.69, 9.17) is 4.74 Å². The number of benzene rings is 2. The number of hydrogen-bond acceptors (Lipinski definition) is 5. The molecule has 5 rings (SSSR count). The molecule has 1 atom stereocenters. The summed E-state index contributed by atoms with van der Waals surface area (Å²) < 4.78 is 7.78. The lowest BCUT2D eigenvalue weighted by Crippen LogP contribution is -2.40. The third-order valence-electron chi connectivity index (χ3n) is 6.77. The Bertz CT molecular complexity index is 1300. The van der Waals surface area contributed by atoms with Crippen molar-refractivity contribution in [3.8, 4) is 11.4 Å². The molecule has 7 nitrogen and oxygen atoms in total. The van der Waals surface area contributed by atoms with Gasteiger partial charge in [-0.25, -0.2) is 4.98 Å². The molecule has 2 aromatic carbocycles. The number of carbonyl (C=O) groups is 1. The van der Waals surface area contributed by atoms with Crippen molar-refractivity contribution in [2.75, 3.05) is 13.1 Å². The standard InChI is InChI=1S/C27H32N4O3/c1-17-5-6-18(25(32)29-19-7-8-19)13-24(17)31-16-28-23-10-9-20(14-22(23)26(31)33)34-21-11-12-30(15-21)27(2,3)4/h5-6,9-10,13-14,16,19,21H,7-8,11-12,15H2,1-4H3,(H,29,32). The number of nitrogens with zero attached hydrogens (tertiary/aromatic N) is 3. The maximum atomic E-state index is 13.5. The van der Waals surface area contributed by atoms with Crippen LogP contribution < -0.4 is 15.6 Å². The molecule has 2 heterocycles. The number of amides is 1. The first-order valence-electron chi connectivity index (χ1n) is 12.0. The highest BCUT2D eigenvalue weighted by Crippen LogP contribution is 2.26. The summed E-state index contributed by atoms with van der Waals surface area (Å²) >= 11 is 0. The van der Waals surface area contributed by atoms with Gasteiger partial charge in [0, 0.05) is 30.2 Å². The summed E-state index contributed by atoms with van der Waals surface area (Å²) in [7, 11) is 0. The molecule has 1 aromatic heterocycles. The van der Waals surface area contributed by atoms with Gasteiger partial charge in [0.15, 0.2) is 0 Å². The van der Waals surface area contributed by atoms with Gasteiger partial charge < -0.3 is 10.1 Å². The Morgan fingerprint density at radius 2 is 1.91 bits per heavy atom. The second kappa shape index (κ2) is 8.55. The van der Waals surface area contributed by atoms with Crippen molar-refractivity contribution in [2.45, 2.75) is 64.6 Å². The number of likely N-dealkylation sites (tertiary alicyclic amines) is 1. The van der Waals surface area contributed by atoms with E-state index in [2.05, 4.69) is 36.0 Å². The highest BCUT2D eigenvalue weighted by atomic mass is 16.5. The monoisotopic (exact) mass is 460 g/mol. The Labute approximate surface area is 199 Å². The first-order valence-corrected chi connectivity index (χ1v) is 12.0. The van der Waals surface area contributed by atoms with Crippen LogP contribution in [0.1, 0.15) is 56.0 Å². The van der Waals surface area contributed by atoms with Crippen LogP contribution in [0.3, 0.4) is 0 Å². The summed E-state index contributed by atoms with van der Waals surface area (Å²) in [6, 6.07) is 11.2. The molecule has 0 radical (unpaired) electrons. The molecular weight excluding hydrogens is 428 g/mol. The van der Waals surface area contributed by atoms with Crippen molar-refractivity contribution >= 4 is 16.8 Å². The lowest BCUT2D eigenvalue weighted by molar-refractivity contribution is 0.0951. The number of rotatable bonds is 5. The zero-order chi connectivity index (χ0) is 24.0. The van der Waals surface area contributed by atoms with Crippen LogP contribution in [0, 0.1) is 6.92 Å². The summed E-state index contributed by atoms with van der Waals surface area (Å²) in [6.45, 7) is 10.4. The first kappa shape index (κ1) is 22.6. The molecule has 1 saturated carbocycles. The lowest BCUT2D eigenvalue weighted by atomic mass is 10.1. The molecule has 2 aliphatic rings. The van der Waals surface area contributed by atoms with Gasteiger partial charge in [-0.3, -0.25) is 19.1 Å². The van der Waals surface area contributed by atoms with E-state index >= 15 is 0 Å². The Morgan fingerprint density at radius 3 is 2.62 bits per heavy atom. The van der Waals surface area contributed by atoms with Crippen LogP contribution in [-0.4, -0.2) is 51.1 Å². The van der Waals surface area contributed by atoms with Gasteiger partial charge in [-0.2, -0.15) is 0 Å². The van der Waals surface area contributed by atoms with E-state index in [1.165, 1.54) is 10.9 Å². The van der Waals surface area contributed by atoms with E-state index < -0.39 is 0 Å². The highest BCUT2D eigenvalue weighted by Gasteiger charge is 2.31. The van der Waals surface area contributed by atoms with Gasteiger partial charge in [-0.1, -0.05) is 6.07 Å². The van der Waals surface area contributed by atoms with Crippen LogP contribution in [0.15, 0.2) is 47.5 Å². The third kappa shape index (κ3) is 4.57. The van der Waals surface area contributed by atoms with E-state index in [0.717, 1.165) is 37.9 Å². The molecule has 7 heteroatoms. The predicted molar refractivity (Wildman–Crippen MR) is 133 cm³/mol. The largest absolute Gasteiger partial charge is 0.489 e. The van der Waals surface area contributed by atoms with Crippen molar-refractivity contribution in [3.05, 3.63) is 64.2 Å². The van der Waals surface area contributed by atoms with Crippen LogP contribution in [0.4, 0.5) is 0 Å². The van der Waals surface area contributed by atoms with Crippen LogP contribution in [0.2, 0.25) is 0 Å². The summed E-state index contributed by atoms with van der Waals surface area (Å²) in [4.78, 5) is 33.0. The summed E-state index contributed by atoms with van der Waals surface area (Å²) in [5, 5.41) is 3.50. The zero-order valence-electron chi connectivity index (χ0n) is 20.3. The Balaban J connectivity index is 1.44. The molecule has 34 heavy (non-hydrogen) atoms. The molecule has 1 aliphatic carbocycles. The summed E-state index contributed by atoms with van der Waals surface area (Å²) in [6.07, 6.45) is 4.64. The minimum Gasteiger partial charge on any atom is -0.489 e. The van der Waals surface area contributed by atoms with Gasteiger partial charge in [0.2, 0.25) is 0 Å². The minimum absolute atomic E-state index is 0.0967. The molecular formula is C27H32N4O3. The molecule has 1 N–H and O–H groups in total. The number of hydrogen-bond donors (Lipinski definition) is 1. The van der Waals surface area contributed by atoms with E-state index in [9.17, 15) is 9.59 Å². The quantitative estimate of drug-likeness (QED) is 0.626. The maximum absolute atomic E-state index is 13.5. The van der Waals surface area contributed by atoms with E-state index in [1.807, 2.05) is 25.1 Å². The number of fused-ring (bicyclic) bond motifs is 1. The number of aromatic nitrogens is 2. The summed E-state index contributed by atoms with van der Waals surface area (Å²) in [5.74, 6) is 0.571. The average molecular weight is 461 g/mol. The predicted octanol–water partition coefficient (Wildman–Crippen LogP) is 3.84. The Morgan fingerprint density at radius 1 is 1.12 bits per heavy atom. The molecule has 1 unspecified atom stereocenters. The van der Waals surface area contributed by atoms with Gasteiger partial charge in [0.05, 0.1) is 16.6 Å². The average Bonchev–Trinajstić information content (AvgIpc) is 3.47. The van der Waals surface area contributed by atoms with E-state index in [0.29, 0.717) is 27.9 Å². The fourth-order valence-corrected chi connectivity index (χ4v) is 4.48. The maximum Gasteiger partial charge on any atom is 0.265 e. The lowest BCUT2D eigenvalue weighted by Gasteiger charge is -2.31. The zero-order valence-corrected chi connectivity index (χ0v) is 20.3. The van der Waals surface area contributed by atoms with Crippen molar-refractivity contribution in [1.29, 1.82) is 0 Å². The van der Waals surface area contributed by atoms with E-state index in [1.54, 1.807) is 18.2 Å². The minimum atomic E-state index is -0.180. The molecule has 2 fully saturated rings. The number of ether oxygens (including phenoxy) is 1. The fourth-order valence-electron chi connectivity index (χ4n) is 4.48. The second-order valence-corrected chi connectivity index (χ2v) is 10.5. The van der Waals surface area contributed by atoms with Gasteiger partial charge in [0.25, 0.3) is 11.5 Å². The van der Waals surface area contributed by atoms with Crippen LogP contribution >= 0.6 is 0 Å². The fraction of sp³-hybridized carbons (Fsp3) is 0.444. The topological polar surface area (TPSA) is 76.5 Å². The number of aryl methyl sites for hydroxylation is 1. The smallest absolute Gasteiger partial charge is 0.265 e. The molecule has 3 aromatic rings. The normalized spacial score (nSPS) is 18.9. The number of nitrogens with one attached hydrogen (secondary N) is 1. The molecule has 178 valence electrons. The highest BCUT2D eigenvalue weighted by molar-refractivity contribution is 5.95. The van der Waals surface area contributed by atoms with Crippen molar-refractivity contribution in [1.82, 2.24) is 19.8 Å². The van der Waals surface area contributed by atoms with Crippen LogP contribution in [-0.2, 0) is 0 Å². The SMILES string of the molecule is Cc1ccc(C(=O)NC2CC2)cc1-n1cnc2ccc(OC3CCN(C(C)(C)C)C3)cc2c1=O. The Kier molecular flexibility index (Phi) is 5.68. The first-order chi connectivity index (χ1) is 16.2. The van der Waals surface area contributed by atoms with Crippen molar-refractivity contribution in [3.63, 3.8) is 0 Å². The molecule has 0 bridgehead atoms. The second-order valence-electron chi connectivity index (χ2n) is 10.5. The van der Waals surface area contributed by atoms with Crippen LogP contribution in [0.5, 0.6) is 5.75 Å². The van der Waals surface area contributed by atoms with Crippen molar-refractivity contribution in [2.24, 2.45) is 0 Å². The molecule has 0 spiro atoms. The molecule has 1 amide bonds. The van der Waals surface area contributed by atoms with Gasteiger partial charge in [-0.05, 0) is 82.9 Å².